The highest BCUT2D eigenvalue weighted by Crippen LogP contribution is 2.29. The van der Waals surface area contributed by atoms with Crippen LogP contribution in [-0.2, 0) is 11.3 Å². The molecule has 0 radical (unpaired) electrons. The second-order valence-corrected chi connectivity index (χ2v) is 9.01. The third-order valence-electron chi connectivity index (χ3n) is 6.00. The molecule has 0 saturated carbocycles. The van der Waals surface area contributed by atoms with E-state index in [4.69, 9.17) is 4.42 Å². The molecule has 0 spiro atoms. The Morgan fingerprint density at radius 1 is 1.18 bits per heavy atom. The van der Waals surface area contributed by atoms with Crippen molar-refractivity contribution in [2.24, 2.45) is 0 Å². The first kappa shape index (κ1) is 21.8. The van der Waals surface area contributed by atoms with Crippen molar-refractivity contribution in [1.29, 1.82) is 5.26 Å². The molecule has 0 aliphatic carbocycles. The van der Waals surface area contributed by atoms with E-state index in [9.17, 15) is 10.1 Å². The van der Waals surface area contributed by atoms with E-state index >= 15 is 0 Å². The summed E-state index contributed by atoms with van der Waals surface area (Å²) in [6.07, 6.45) is 1.61. The fourth-order valence-electron chi connectivity index (χ4n) is 4.15. The lowest BCUT2D eigenvalue weighted by Gasteiger charge is -2.12. The van der Waals surface area contributed by atoms with E-state index in [1.807, 2.05) is 66.1 Å². The average Bonchev–Trinajstić information content (AvgIpc) is 3.54. The lowest BCUT2D eigenvalue weighted by molar-refractivity contribution is -0.113. The van der Waals surface area contributed by atoms with Crippen LogP contribution in [-0.4, -0.2) is 30.8 Å². The lowest BCUT2D eigenvalue weighted by Crippen LogP contribution is -2.18. The van der Waals surface area contributed by atoms with Gasteiger partial charge in [0.05, 0.1) is 29.6 Å². The molecule has 1 amide bonds. The number of aryl methyl sites for hydroxylation is 1. The lowest BCUT2D eigenvalue weighted by atomic mass is 10.1. The molecule has 0 atom stereocenters. The Hall–Kier alpha value is -4.03. The molecule has 0 aliphatic rings. The van der Waals surface area contributed by atoms with Crippen molar-refractivity contribution in [3.8, 4) is 6.07 Å². The Balaban J connectivity index is 1.41. The minimum Gasteiger partial charge on any atom is -0.467 e. The summed E-state index contributed by atoms with van der Waals surface area (Å²) in [5.74, 6) is 1.11. The van der Waals surface area contributed by atoms with Crippen molar-refractivity contribution in [1.82, 2.24) is 19.2 Å². The van der Waals surface area contributed by atoms with E-state index < -0.39 is 0 Å². The number of benzene rings is 1. The smallest absolute Gasteiger partial charge is 0.235 e. The standard InChI is InChI=1S/C25H22N6O2S/c1-15-11-22-28-29-25(31(22)21-9-5-4-8-19(15)21)34-14-23(32)27-24-20(12-26)16(2)17(3)30(24)13-18-7-6-10-33-18/h4-11H,13-14H2,1-3H3,(H,27,32). The Labute approximate surface area is 200 Å². The zero-order chi connectivity index (χ0) is 23.8. The summed E-state index contributed by atoms with van der Waals surface area (Å²) >= 11 is 1.31. The first-order valence-corrected chi connectivity index (χ1v) is 11.7. The predicted molar refractivity (Wildman–Crippen MR) is 131 cm³/mol. The Bertz CT molecular complexity index is 1570. The van der Waals surface area contributed by atoms with E-state index in [1.54, 1.807) is 6.26 Å². The van der Waals surface area contributed by atoms with Gasteiger partial charge >= 0.3 is 0 Å². The second kappa shape index (κ2) is 8.72. The number of pyridine rings is 1. The first-order valence-electron chi connectivity index (χ1n) is 10.8. The second-order valence-electron chi connectivity index (χ2n) is 8.07. The Kier molecular flexibility index (Phi) is 5.59. The number of carbonyl (C=O) groups is 1. The Morgan fingerprint density at radius 3 is 2.76 bits per heavy atom. The molecule has 1 N–H and O–H groups in total. The third-order valence-corrected chi connectivity index (χ3v) is 6.93. The molecule has 9 heteroatoms. The van der Waals surface area contributed by atoms with Gasteiger partial charge in [-0.05, 0) is 56.2 Å². The molecule has 4 aromatic heterocycles. The molecule has 4 heterocycles. The third kappa shape index (κ3) is 3.72. The van der Waals surface area contributed by atoms with Gasteiger partial charge in [0.15, 0.2) is 10.8 Å². The van der Waals surface area contributed by atoms with Gasteiger partial charge in [-0.1, -0.05) is 30.0 Å². The van der Waals surface area contributed by atoms with Gasteiger partial charge in [-0.3, -0.25) is 9.20 Å². The number of nitriles is 1. The van der Waals surface area contributed by atoms with Crippen molar-refractivity contribution in [3.63, 3.8) is 0 Å². The summed E-state index contributed by atoms with van der Waals surface area (Å²) in [7, 11) is 0. The van der Waals surface area contributed by atoms with E-state index in [1.165, 1.54) is 11.8 Å². The highest BCUT2D eigenvalue weighted by molar-refractivity contribution is 7.99. The molecule has 34 heavy (non-hydrogen) atoms. The van der Waals surface area contributed by atoms with Crippen LogP contribution >= 0.6 is 11.8 Å². The highest BCUT2D eigenvalue weighted by atomic mass is 32.2. The zero-order valence-electron chi connectivity index (χ0n) is 19.0. The fourth-order valence-corrected chi connectivity index (χ4v) is 4.90. The van der Waals surface area contributed by atoms with Gasteiger partial charge in [0, 0.05) is 11.1 Å². The minimum absolute atomic E-state index is 0.123. The SMILES string of the molecule is Cc1c(C#N)c(NC(=O)CSc2nnc3cc(C)c4ccccc4n23)n(Cc2ccco2)c1C. The van der Waals surface area contributed by atoms with Crippen LogP contribution in [0.5, 0.6) is 0 Å². The first-order chi connectivity index (χ1) is 16.5. The molecule has 0 fully saturated rings. The largest absolute Gasteiger partial charge is 0.467 e. The number of rotatable bonds is 6. The van der Waals surface area contributed by atoms with Gasteiger partial charge in [-0.25, -0.2) is 0 Å². The number of fused-ring (bicyclic) bond motifs is 3. The summed E-state index contributed by atoms with van der Waals surface area (Å²) in [5.41, 5.74) is 5.05. The van der Waals surface area contributed by atoms with Gasteiger partial charge in [0.2, 0.25) is 5.91 Å². The average molecular weight is 471 g/mol. The van der Waals surface area contributed by atoms with Crippen LogP contribution in [0.15, 0.2) is 58.3 Å². The van der Waals surface area contributed by atoms with E-state index in [-0.39, 0.29) is 11.7 Å². The molecule has 0 saturated heterocycles. The molecule has 1 aromatic carbocycles. The minimum atomic E-state index is -0.229. The van der Waals surface area contributed by atoms with Gasteiger partial charge < -0.3 is 14.3 Å². The zero-order valence-corrected chi connectivity index (χ0v) is 19.8. The molecule has 5 aromatic rings. The van der Waals surface area contributed by atoms with Gasteiger partial charge in [0.1, 0.15) is 17.6 Å². The van der Waals surface area contributed by atoms with Gasteiger partial charge in [-0.15, -0.1) is 10.2 Å². The highest BCUT2D eigenvalue weighted by Gasteiger charge is 2.21. The summed E-state index contributed by atoms with van der Waals surface area (Å²) in [6.45, 7) is 6.28. The van der Waals surface area contributed by atoms with Crippen molar-refractivity contribution < 1.29 is 9.21 Å². The molecule has 8 nitrogen and oxygen atoms in total. The van der Waals surface area contributed by atoms with E-state index in [0.717, 1.165) is 39.1 Å². The van der Waals surface area contributed by atoms with Crippen molar-refractivity contribution in [3.05, 3.63) is 76.9 Å². The van der Waals surface area contributed by atoms with Crippen LogP contribution in [0, 0.1) is 32.1 Å². The van der Waals surface area contributed by atoms with Crippen molar-refractivity contribution >= 4 is 40.0 Å². The maximum atomic E-state index is 13.0. The van der Waals surface area contributed by atoms with Crippen LogP contribution in [0.3, 0.4) is 0 Å². The number of furan rings is 1. The number of aromatic nitrogens is 4. The number of thioether (sulfide) groups is 1. The topological polar surface area (TPSA) is 101 Å². The van der Waals surface area contributed by atoms with E-state index in [2.05, 4.69) is 27.6 Å². The fraction of sp³-hybridized carbons (Fsp3) is 0.200. The molecule has 0 unspecified atom stereocenters. The summed E-state index contributed by atoms with van der Waals surface area (Å²) < 4.78 is 9.35. The van der Waals surface area contributed by atoms with Gasteiger partial charge in [-0.2, -0.15) is 5.26 Å². The molecule has 0 bridgehead atoms. The number of nitrogens with zero attached hydrogens (tertiary/aromatic N) is 5. The molecule has 5 rings (SSSR count). The quantitative estimate of drug-likeness (QED) is 0.356. The van der Waals surface area contributed by atoms with Crippen LogP contribution < -0.4 is 5.32 Å². The normalized spacial score (nSPS) is 11.2. The number of carbonyl (C=O) groups excluding carboxylic acids is 1. The summed E-state index contributed by atoms with van der Waals surface area (Å²) in [4.78, 5) is 13.0. The molecular formula is C25H22N6O2S. The predicted octanol–water partition coefficient (Wildman–Crippen LogP) is 4.85. The van der Waals surface area contributed by atoms with Gasteiger partial charge in [0.25, 0.3) is 0 Å². The number of amides is 1. The maximum Gasteiger partial charge on any atom is 0.235 e. The number of nitrogens with one attached hydrogen (secondary N) is 1. The number of hydrogen-bond acceptors (Lipinski definition) is 6. The van der Waals surface area contributed by atoms with Crippen LogP contribution in [0.2, 0.25) is 0 Å². The number of anilines is 1. The number of para-hydroxylation sites is 1. The maximum absolute atomic E-state index is 13.0. The van der Waals surface area contributed by atoms with Crippen LogP contribution in [0.1, 0.15) is 28.1 Å². The summed E-state index contributed by atoms with van der Waals surface area (Å²) in [6, 6.07) is 16.0. The molecular weight excluding hydrogens is 448 g/mol. The molecule has 0 aliphatic heterocycles. The monoisotopic (exact) mass is 470 g/mol. The van der Waals surface area contributed by atoms with Crippen molar-refractivity contribution in [2.75, 3.05) is 11.1 Å². The molecule has 170 valence electrons. The van der Waals surface area contributed by atoms with E-state index in [0.29, 0.717) is 23.1 Å². The summed E-state index contributed by atoms with van der Waals surface area (Å²) in [5, 5.41) is 23.0. The number of hydrogen-bond donors (Lipinski definition) is 1. The van der Waals surface area contributed by atoms with Crippen molar-refractivity contribution in [2.45, 2.75) is 32.5 Å². The van der Waals surface area contributed by atoms with Crippen LogP contribution in [0.4, 0.5) is 5.82 Å². The van der Waals surface area contributed by atoms with Crippen LogP contribution in [0.25, 0.3) is 16.6 Å². The Morgan fingerprint density at radius 2 is 2.00 bits per heavy atom.